The number of imide groups is 1. The normalized spacial score (nSPS) is 9.47. The lowest BCUT2D eigenvalue weighted by atomic mass is 10.2. The Hall–Kier alpha value is -1.90. The van der Waals surface area contributed by atoms with E-state index in [1.807, 2.05) is 6.07 Å². The third-order valence-electron chi connectivity index (χ3n) is 1.92. The van der Waals surface area contributed by atoms with Gasteiger partial charge in [0, 0.05) is 18.2 Å². The number of benzene rings is 1. The third kappa shape index (κ3) is 2.53. The van der Waals surface area contributed by atoms with E-state index in [1.54, 1.807) is 31.2 Å². The van der Waals surface area contributed by atoms with Crippen LogP contribution in [0, 0.1) is 0 Å². The van der Waals surface area contributed by atoms with Gasteiger partial charge in [-0.3, -0.25) is 14.5 Å². The Labute approximate surface area is 89.0 Å². The van der Waals surface area contributed by atoms with E-state index in [4.69, 9.17) is 0 Å². The van der Waals surface area contributed by atoms with E-state index in [0.717, 1.165) is 4.90 Å². The van der Waals surface area contributed by atoms with Gasteiger partial charge in [-0.25, -0.2) is 0 Å². The summed E-state index contributed by atoms with van der Waals surface area (Å²) >= 11 is 0. The van der Waals surface area contributed by atoms with Crippen LogP contribution in [0.4, 0.5) is 0 Å². The lowest BCUT2D eigenvalue weighted by Crippen LogP contribution is -2.33. The van der Waals surface area contributed by atoms with E-state index in [-0.39, 0.29) is 11.8 Å². The van der Waals surface area contributed by atoms with Crippen LogP contribution < -0.4 is 0 Å². The zero-order chi connectivity index (χ0) is 11.4. The van der Waals surface area contributed by atoms with Gasteiger partial charge in [-0.15, -0.1) is 0 Å². The first-order valence-electron chi connectivity index (χ1n) is 4.59. The van der Waals surface area contributed by atoms with Crippen molar-refractivity contribution in [3.05, 3.63) is 48.2 Å². The Bertz CT molecular complexity index is 381. The summed E-state index contributed by atoms with van der Waals surface area (Å²) in [5.41, 5.74) is 0.909. The van der Waals surface area contributed by atoms with Crippen LogP contribution in [-0.2, 0) is 4.79 Å². The number of carbonyl (C=O) groups is 2. The third-order valence-corrected chi connectivity index (χ3v) is 1.92. The van der Waals surface area contributed by atoms with E-state index in [2.05, 4.69) is 6.58 Å². The molecule has 0 spiro atoms. The highest BCUT2D eigenvalue weighted by atomic mass is 16.2. The first-order valence-corrected chi connectivity index (χ1v) is 4.59. The fourth-order valence-electron chi connectivity index (χ4n) is 1.29. The molecular weight excluding hydrogens is 190 g/mol. The smallest absolute Gasteiger partial charge is 0.264 e. The first-order chi connectivity index (χ1) is 7.04. The summed E-state index contributed by atoms with van der Waals surface area (Å²) in [4.78, 5) is 24.2. The topological polar surface area (TPSA) is 37.4 Å². The standard InChI is InChI=1S/C12H13NO2/c1-9(2)13(10(3)14)12(15)11-7-5-4-6-8-11/h4-8H,1H2,2-3H3. The minimum Gasteiger partial charge on any atom is -0.274 e. The van der Waals surface area contributed by atoms with Gasteiger partial charge < -0.3 is 0 Å². The zero-order valence-electron chi connectivity index (χ0n) is 8.86. The van der Waals surface area contributed by atoms with Crippen LogP contribution in [0.1, 0.15) is 24.2 Å². The Morgan fingerprint density at radius 3 is 2.07 bits per heavy atom. The molecule has 3 nitrogen and oxygen atoms in total. The molecule has 0 fully saturated rings. The molecule has 78 valence electrons. The molecule has 0 aromatic heterocycles. The summed E-state index contributed by atoms with van der Waals surface area (Å²) < 4.78 is 0. The van der Waals surface area contributed by atoms with Crippen molar-refractivity contribution in [3.8, 4) is 0 Å². The van der Waals surface area contributed by atoms with Crippen molar-refractivity contribution in [2.75, 3.05) is 0 Å². The Morgan fingerprint density at radius 2 is 1.67 bits per heavy atom. The lowest BCUT2D eigenvalue weighted by Gasteiger charge is -2.18. The highest BCUT2D eigenvalue weighted by Crippen LogP contribution is 2.09. The number of carbonyl (C=O) groups excluding carboxylic acids is 2. The summed E-state index contributed by atoms with van der Waals surface area (Å²) in [5.74, 6) is -0.660. The van der Waals surface area contributed by atoms with Gasteiger partial charge in [0.1, 0.15) is 0 Å². The van der Waals surface area contributed by atoms with Crippen molar-refractivity contribution < 1.29 is 9.59 Å². The molecule has 15 heavy (non-hydrogen) atoms. The van der Waals surface area contributed by atoms with E-state index >= 15 is 0 Å². The summed E-state index contributed by atoms with van der Waals surface area (Å²) in [5, 5.41) is 0. The molecule has 0 atom stereocenters. The largest absolute Gasteiger partial charge is 0.274 e. The number of hydrogen-bond acceptors (Lipinski definition) is 2. The molecule has 0 saturated carbocycles. The van der Waals surface area contributed by atoms with Gasteiger partial charge in [0.25, 0.3) is 5.91 Å². The number of rotatable bonds is 2. The number of allylic oxidation sites excluding steroid dienone is 1. The molecule has 0 unspecified atom stereocenters. The highest BCUT2D eigenvalue weighted by molar-refractivity contribution is 6.05. The number of amides is 2. The Kier molecular flexibility index (Phi) is 3.39. The molecule has 1 aromatic rings. The monoisotopic (exact) mass is 203 g/mol. The maximum atomic E-state index is 11.9. The van der Waals surface area contributed by atoms with E-state index < -0.39 is 0 Å². The molecule has 0 aliphatic carbocycles. The Balaban J connectivity index is 3.02. The summed E-state index contributed by atoms with van der Waals surface area (Å²) in [6, 6.07) is 8.66. The van der Waals surface area contributed by atoms with Crippen molar-refractivity contribution in [1.82, 2.24) is 4.90 Å². The van der Waals surface area contributed by atoms with Gasteiger partial charge in [0.15, 0.2) is 0 Å². The second-order valence-electron chi connectivity index (χ2n) is 3.26. The maximum absolute atomic E-state index is 11.9. The van der Waals surface area contributed by atoms with Crippen LogP contribution in [0.5, 0.6) is 0 Å². The zero-order valence-corrected chi connectivity index (χ0v) is 8.86. The van der Waals surface area contributed by atoms with E-state index in [0.29, 0.717) is 11.3 Å². The molecule has 0 N–H and O–H groups in total. The fourth-order valence-corrected chi connectivity index (χ4v) is 1.29. The van der Waals surface area contributed by atoms with Gasteiger partial charge in [-0.2, -0.15) is 0 Å². The first kappa shape index (κ1) is 11.2. The minimum absolute atomic E-state index is 0.323. The molecule has 2 amide bonds. The molecule has 1 aromatic carbocycles. The van der Waals surface area contributed by atoms with Crippen LogP contribution in [0.25, 0.3) is 0 Å². The predicted molar refractivity (Wildman–Crippen MR) is 58.1 cm³/mol. The minimum atomic E-state index is -0.337. The van der Waals surface area contributed by atoms with Gasteiger partial charge in [-0.1, -0.05) is 24.8 Å². The lowest BCUT2D eigenvalue weighted by molar-refractivity contribution is -0.124. The number of hydrogen-bond donors (Lipinski definition) is 0. The van der Waals surface area contributed by atoms with Gasteiger partial charge in [-0.05, 0) is 19.1 Å². The quantitative estimate of drug-likeness (QED) is 0.739. The maximum Gasteiger partial charge on any atom is 0.264 e. The Morgan fingerprint density at radius 1 is 1.13 bits per heavy atom. The molecular formula is C12H13NO2. The van der Waals surface area contributed by atoms with Crippen LogP contribution in [0.2, 0.25) is 0 Å². The van der Waals surface area contributed by atoms with E-state index in [1.165, 1.54) is 6.92 Å². The molecule has 0 bridgehead atoms. The summed E-state index contributed by atoms with van der Waals surface area (Å²) in [6.45, 7) is 6.58. The van der Waals surface area contributed by atoms with Crippen LogP contribution in [-0.4, -0.2) is 16.7 Å². The predicted octanol–water partition coefficient (Wildman–Crippen LogP) is 2.21. The fraction of sp³-hybridized carbons (Fsp3) is 0.167. The van der Waals surface area contributed by atoms with Crippen molar-refractivity contribution in [2.45, 2.75) is 13.8 Å². The second-order valence-corrected chi connectivity index (χ2v) is 3.26. The van der Waals surface area contributed by atoms with Crippen molar-refractivity contribution in [1.29, 1.82) is 0 Å². The highest BCUT2D eigenvalue weighted by Gasteiger charge is 2.19. The molecule has 0 heterocycles. The average Bonchev–Trinajstić information content (AvgIpc) is 2.18. The van der Waals surface area contributed by atoms with Crippen LogP contribution in [0.15, 0.2) is 42.6 Å². The molecule has 0 saturated heterocycles. The SMILES string of the molecule is C=C(C)N(C(C)=O)C(=O)c1ccccc1. The molecule has 0 aliphatic rings. The molecule has 1 rings (SSSR count). The van der Waals surface area contributed by atoms with Gasteiger partial charge in [0.2, 0.25) is 5.91 Å². The van der Waals surface area contributed by atoms with Crippen molar-refractivity contribution in [2.24, 2.45) is 0 Å². The van der Waals surface area contributed by atoms with E-state index in [9.17, 15) is 9.59 Å². The summed E-state index contributed by atoms with van der Waals surface area (Å²) in [6.07, 6.45) is 0. The summed E-state index contributed by atoms with van der Waals surface area (Å²) in [7, 11) is 0. The van der Waals surface area contributed by atoms with Gasteiger partial charge in [0.05, 0.1) is 0 Å². The van der Waals surface area contributed by atoms with Crippen LogP contribution in [0.3, 0.4) is 0 Å². The van der Waals surface area contributed by atoms with Crippen molar-refractivity contribution >= 4 is 11.8 Å². The van der Waals surface area contributed by atoms with Crippen molar-refractivity contribution in [3.63, 3.8) is 0 Å². The van der Waals surface area contributed by atoms with Crippen LogP contribution >= 0.6 is 0 Å². The molecule has 0 radical (unpaired) electrons. The average molecular weight is 203 g/mol. The van der Waals surface area contributed by atoms with Gasteiger partial charge >= 0.3 is 0 Å². The number of nitrogens with zero attached hydrogens (tertiary/aromatic N) is 1. The second kappa shape index (κ2) is 4.55. The molecule has 0 aliphatic heterocycles. The molecule has 3 heteroatoms.